The van der Waals surface area contributed by atoms with Gasteiger partial charge in [0.05, 0.1) is 12.7 Å². The van der Waals surface area contributed by atoms with Crippen LogP contribution in [0.2, 0.25) is 0 Å². The van der Waals surface area contributed by atoms with E-state index in [1.54, 1.807) is 6.07 Å². The Morgan fingerprint density at radius 3 is 2.47 bits per heavy atom. The van der Waals surface area contributed by atoms with Gasteiger partial charge in [-0.25, -0.2) is 0 Å². The molecule has 0 radical (unpaired) electrons. The molecule has 0 unspecified atom stereocenters. The number of benzene rings is 1. The van der Waals surface area contributed by atoms with Crippen LogP contribution < -0.4 is 4.74 Å². The lowest BCUT2D eigenvalue weighted by Crippen LogP contribution is -2.04. The van der Waals surface area contributed by atoms with Gasteiger partial charge in [0, 0.05) is 17.3 Å². The van der Waals surface area contributed by atoms with Gasteiger partial charge in [-0.05, 0) is 37.5 Å². The van der Waals surface area contributed by atoms with Crippen molar-refractivity contribution >= 4 is 27.7 Å². The number of aryl methyl sites for hydroxylation is 1. The Labute approximate surface area is 120 Å². The summed E-state index contributed by atoms with van der Waals surface area (Å²) < 4.78 is 6.07. The number of aliphatic carboxylic acids is 1. The summed E-state index contributed by atoms with van der Waals surface area (Å²) in [5.41, 5.74) is 1.54. The summed E-state index contributed by atoms with van der Waals surface area (Å²) in [6.07, 6.45) is 1.51. The highest BCUT2D eigenvalue weighted by Gasteiger charge is 2.14. The van der Waals surface area contributed by atoms with Crippen LogP contribution in [0.15, 0.2) is 16.6 Å². The van der Waals surface area contributed by atoms with Crippen molar-refractivity contribution in [3.63, 3.8) is 0 Å². The highest BCUT2D eigenvalue weighted by molar-refractivity contribution is 9.10. The van der Waals surface area contributed by atoms with E-state index in [0.29, 0.717) is 30.6 Å². The maximum Gasteiger partial charge on any atom is 0.303 e. The van der Waals surface area contributed by atoms with Crippen molar-refractivity contribution < 1.29 is 19.4 Å². The number of hydrogen-bond acceptors (Lipinski definition) is 3. The monoisotopic (exact) mass is 328 g/mol. The largest absolute Gasteiger partial charge is 0.496 e. The zero-order valence-corrected chi connectivity index (χ0v) is 12.6. The van der Waals surface area contributed by atoms with E-state index < -0.39 is 5.97 Å². The van der Waals surface area contributed by atoms with Crippen molar-refractivity contribution in [2.75, 3.05) is 7.11 Å². The van der Waals surface area contributed by atoms with Crippen molar-refractivity contribution in [2.24, 2.45) is 0 Å². The number of methoxy groups -OCH3 is 1. The third-order valence-corrected chi connectivity index (χ3v) is 3.68. The van der Waals surface area contributed by atoms with Gasteiger partial charge in [0.25, 0.3) is 0 Å². The van der Waals surface area contributed by atoms with Crippen molar-refractivity contribution in [3.8, 4) is 5.75 Å². The molecule has 0 spiro atoms. The minimum absolute atomic E-state index is 0.0251. The van der Waals surface area contributed by atoms with Crippen LogP contribution in [0.3, 0.4) is 0 Å². The van der Waals surface area contributed by atoms with E-state index >= 15 is 0 Å². The Hall–Kier alpha value is -1.36. The van der Waals surface area contributed by atoms with Gasteiger partial charge in [-0.2, -0.15) is 0 Å². The van der Waals surface area contributed by atoms with E-state index in [0.717, 1.165) is 10.0 Å². The number of carboxylic acid groups (broad SMARTS) is 1. The fourth-order valence-corrected chi connectivity index (χ4v) is 2.08. The van der Waals surface area contributed by atoms with Crippen LogP contribution >= 0.6 is 15.9 Å². The first-order valence-corrected chi connectivity index (χ1v) is 6.84. The Kier molecular flexibility index (Phi) is 6.02. The lowest BCUT2D eigenvalue weighted by Gasteiger charge is -2.10. The third-order valence-electron chi connectivity index (χ3n) is 2.83. The summed E-state index contributed by atoms with van der Waals surface area (Å²) in [4.78, 5) is 22.5. The molecule has 0 bridgehead atoms. The van der Waals surface area contributed by atoms with Crippen LogP contribution in [0.5, 0.6) is 5.75 Å². The van der Waals surface area contributed by atoms with Crippen LogP contribution in [0.1, 0.15) is 41.6 Å². The van der Waals surface area contributed by atoms with Gasteiger partial charge in [-0.15, -0.1) is 0 Å². The number of carboxylic acids is 1. The first kappa shape index (κ1) is 15.7. The molecule has 4 nitrogen and oxygen atoms in total. The maximum atomic E-state index is 12.1. The minimum atomic E-state index is -0.830. The summed E-state index contributed by atoms with van der Waals surface area (Å²) in [7, 11) is 1.53. The average molecular weight is 329 g/mol. The predicted molar refractivity (Wildman–Crippen MR) is 75.9 cm³/mol. The van der Waals surface area contributed by atoms with Crippen molar-refractivity contribution in [1.29, 1.82) is 0 Å². The van der Waals surface area contributed by atoms with Crippen LogP contribution in [0.4, 0.5) is 0 Å². The zero-order chi connectivity index (χ0) is 14.4. The van der Waals surface area contributed by atoms with Gasteiger partial charge in [-0.1, -0.05) is 15.9 Å². The molecule has 1 N–H and O–H groups in total. The normalized spacial score (nSPS) is 10.3. The third kappa shape index (κ3) is 4.67. The number of rotatable bonds is 7. The van der Waals surface area contributed by atoms with Crippen LogP contribution in [0, 0.1) is 6.92 Å². The zero-order valence-electron chi connectivity index (χ0n) is 11.0. The van der Waals surface area contributed by atoms with E-state index in [2.05, 4.69) is 15.9 Å². The molecule has 104 valence electrons. The van der Waals surface area contributed by atoms with Gasteiger partial charge >= 0.3 is 5.97 Å². The Morgan fingerprint density at radius 2 is 1.89 bits per heavy atom. The highest BCUT2D eigenvalue weighted by atomic mass is 79.9. The van der Waals surface area contributed by atoms with Crippen LogP contribution in [-0.2, 0) is 4.79 Å². The van der Waals surface area contributed by atoms with E-state index in [1.807, 2.05) is 13.0 Å². The number of carbonyl (C=O) groups is 2. The molecule has 0 fully saturated rings. The number of ketones is 1. The van der Waals surface area contributed by atoms with Crippen molar-refractivity contribution in [2.45, 2.75) is 32.6 Å². The molecule has 0 aliphatic heterocycles. The molecule has 0 heterocycles. The molecular formula is C14H17BrO4. The fraction of sp³-hybridized carbons (Fsp3) is 0.429. The smallest absolute Gasteiger partial charge is 0.303 e. The highest BCUT2D eigenvalue weighted by Crippen LogP contribution is 2.28. The molecule has 0 saturated heterocycles. The molecule has 5 heteroatoms. The van der Waals surface area contributed by atoms with Gasteiger partial charge in [-0.3, -0.25) is 9.59 Å². The van der Waals surface area contributed by atoms with Gasteiger partial charge in [0.1, 0.15) is 5.75 Å². The fourth-order valence-electron chi connectivity index (χ4n) is 1.74. The average Bonchev–Trinajstić information content (AvgIpc) is 2.36. The molecule has 0 aromatic heterocycles. The minimum Gasteiger partial charge on any atom is -0.496 e. The van der Waals surface area contributed by atoms with E-state index in [9.17, 15) is 9.59 Å². The summed E-state index contributed by atoms with van der Waals surface area (Å²) in [5, 5.41) is 8.53. The second kappa shape index (κ2) is 7.28. The molecule has 1 aromatic rings. The van der Waals surface area contributed by atoms with Gasteiger partial charge in [0.15, 0.2) is 5.78 Å². The molecule has 0 saturated carbocycles. The standard InChI is InChI=1S/C14H17BrO4/c1-9-7-13(19-2)10(8-11(9)15)12(16)5-3-4-6-14(17)18/h7-8H,3-6H2,1-2H3,(H,17,18). The van der Waals surface area contributed by atoms with Crippen molar-refractivity contribution in [1.82, 2.24) is 0 Å². The van der Waals surface area contributed by atoms with Gasteiger partial charge < -0.3 is 9.84 Å². The SMILES string of the molecule is COc1cc(C)c(Br)cc1C(=O)CCCCC(=O)O. The molecule has 0 aliphatic rings. The molecule has 19 heavy (non-hydrogen) atoms. The second-order valence-corrected chi connectivity index (χ2v) is 5.18. The molecule has 0 atom stereocenters. The van der Waals surface area contributed by atoms with E-state index in [-0.39, 0.29) is 12.2 Å². The lowest BCUT2D eigenvalue weighted by atomic mass is 10.0. The first-order chi connectivity index (χ1) is 8.95. The summed E-state index contributed by atoms with van der Waals surface area (Å²) in [5.74, 6) is -0.296. The molecular weight excluding hydrogens is 312 g/mol. The Balaban J connectivity index is 2.71. The Morgan fingerprint density at radius 1 is 1.26 bits per heavy atom. The van der Waals surface area contributed by atoms with Crippen molar-refractivity contribution in [3.05, 3.63) is 27.7 Å². The number of carbonyl (C=O) groups excluding carboxylic acids is 1. The quantitative estimate of drug-likeness (QED) is 0.613. The summed E-state index contributed by atoms with van der Waals surface area (Å²) in [6.45, 7) is 1.92. The molecule has 0 aliphatic carbocycles. The number of ether oxygens (including phenoxy) is 1. The number of unbranched alkanes of at least 4 members (excludes halogenated alkanes) is 1. The number of Topliss-reactive ketones (excluding diaryl/α,β-unsaturated/α-hetero) is 1. The Bertz CT molecular complexity index is 483. The van der Waals surface area contributed by atoms with E-state index in [1.165, 1.54) is 7.11 Å². The lowest BCUT2D eigenvalue weighted by molar-refractivity contribution is -0.137. The first-order valence-electron chi connectivity index (χ1n) is 6.05. The van der Waals surface area contributed by atoms with Crippen LogP contribution in [0.25, 0.3) is 0 Å². The van der Waals surface area contributed by atoms with Crippen LogP contribution in [-0.4, -0.2) is 24.0 Å². The number of hydrogen-bond donors (Lipinski definition) is 1. The topological polar surface area (TPSA) is 63.6 Å². The molecule has 0 amide bonds. The predicted octanol–water partition coefficient (Wildman–Crippen LogP) is 3.59. The molecule has 1 aromatic carbocycles. The van der Waals surface area contributed by atoms with E-state index in [4.69, 9.17) is 9.84 Å². The maximum absolute atomic E-state index is 12.1. The summed E-state index contributed by atoms with van der Waals surface area (Å²) in [6, 6.07) is 3.57. The second-order valence-electron chi connectivity index (χ2n) is 4.33. The molecule has 1 rings (SSSR count). The van der Waals surface area contributed by atoms with Gasteiger partial charge in [0.2, 0.25) is 0 Å². The number of halogens is 1. The summed E-state index contributed by atoms with van der Waals surface area (Å²) >= 11 is 3.39.